The highest BCUT2D eigenvalue weighted by molar-refractivity contribution is 6.31. The minimum Gasteiger partial charge on any atom is -0.486 e. The molecule has 1 heterocycles. The van der Waals surface area contributed by atoms with Gasteiger partial charge in [0.05, 0.1) is 0 Å². The topological polar surface area (TPSA) is 44.5 Å². The largest absolute Gasteiger partial charge is 0.486 e. The maximum Gasteiger partial charge on any atom is 0.162 e. The van der Waals surface area contributed by atoms with Crippen LogP contribution in [0.3, 0.4) is 0 Å². The summed E-state index contributed by atoms with van der Waals surface area (Å²) in [5.41, 5.74) is 6.75. The Morgan fingerprint density at radius 2 is 1.93 bits per heavy atom. The average Bonchev–Trinajstić information content (AvgIpc) is 2.18. The molecule has 3 nitrogen and oxygen atoms in total. The summed E-state index contributed by atoms with van der Waals surface area (Å²) in [5.74, 6) is 1.49. The van der Waals surface area contributed by atoms with Gasteiger partial charge in [0.25, 0.3) is 0 Å². The fourth-order valence-corrected chi connectivity index (χ4v) is 1.84. The predicted octanol–water partition coefficient (Wildman–Crippen LogP) is 2.00. The summed E-state index contributed by atoms with van der Waals surface area (Å²) in [6, 6.07) is 3.80. The molecule has 0 radical (unpaired) electrons. The smallest absolute Gasteiger partial charge is 0.162 e. The molecule has 1 aromatic carbocycles. The van der Waals surface area contributed by atoms with Crippen LogP contribution in [0.5, 0.6) is 11.5 Å². The summed E-state index contributed by atoms with van der Waals surface area (Å²) in [4.78, 5) is 0. The number of fused-ring (bicyclic) bond motifs is 1. The van der Waals surface area contributed by atoms with Crippen molar-refractivity contribution in [3.63, 3.8) is 0 Å². The molecule has 2 N–H and O–H groups in total. The van der Waals surface area contributed by atoms with Gasteiger partial charge in [0.2, 0.25) is 0 Å². The molecule has 1 aliphatic rings. The summed E-state index contributed by atoms with van der Waals surface area (Å²) < 4.78 is 10.9. The summed E-state index contributed by atoms with van der Waals surface area (Å²) in [6.45, 7) is 3.12. The molecule has 4 heteroatoms. The Bertz CT molecular complexity index is 366. The Morgan fingerprint density at radius 1 is 1.33 bits per heavy atom. The van der Waals surface area contributed by atoms with E-state index in [0.29, 0.717) is 18.2 Å². The second-order valence-electron chi connectivity index (χ2n) is 3.77. The van der Waals surface area contributed by atoms with E-state index in [1.165, 1.54) is 0 Å². The number of ether oxygens (including phenoxy) is 2. The number of hydrogen-bond donors (Lipinski definition) is 1. The van der Waals surface area contributed by atoms with Crippen LogP contribution < -0.4 is 15.2 Å². The van der Waals surface area contributed by atoms with Gasteiger partial charge in [-0.1, -0.05) is 11.6 Å². The van der Waals surface area contributed by atoms with Crippen LogP contribution >= 0.6 is 11.6 Å². The van der Waals surface area contributed by atoms with Crippen LogP contribution in [0.15, 0.2) is 12.1 Å². The highest BCUT2D eigenvalue weighted by Gasteiger charge is 2.15. The highest BCUT2D eigenvalue weighted by Crippen LogP contribution is 2.35. The van der Waals surface area contributed by atoms with Crippen LogP contribution in [0.25, 0.3) is 0 Å². The number of nitrogens with two attached hydrogens (primary N) is 1. The summed E-state index contributed by atoms with van der Waals surface area (Å²) in [6.07, 6.45) is 0.746. The highest BCUT2D eigenvalue weighted by atomic mass is 35.5. The first-order chi connectivity index (χ1) is 7.16. The number of benzene rings is 1. The number of rotatable bonds is 2. The molecule has 0 saturated heterocycles. The summed E-state index contributed by atoms with van der Waals surface area (Å²) >= 11 is 6.11. The molecule has 1 unspecified atom stereocenters. The Morgan fingerprint density at radius 3 is 2.53 bits per heavy atom. The molecule has 0 amide bonds. The van der Waals surface area contributed by atoms with Gasteiger partial charge in [0, 0.05) is 17.1 Å². The first-order valence-electron chi connectivity index (χ1n) is 5.00. The van der Waals surface area contributed by atoms with Gasteiger partial charge in [-0.15, -0.1) is 0 Å². The first kappa shape index (κ1) is 10.6. The number of halogens is 1. The summed E-state index contributed by atoms with van der Waals surface area (Å²) in [7, 11) is 0. The van der Waals surface area contributed by atoms with Gasteiger partial charge < -0.3 is 15.2 Å². The van der Waals surface area contributed by atoms with Crippen LogP contribution in [0.2, 0.25) is 5.02 Å². The molecule has 2 rings (SSSR count). The van der Waals surface area contributed by atoms with Crippen molar-refractivity contribution in [2.45, 2.75) is 19.4 Å². The van der Waals surface area contributed by atoms with Crippen LogP contribution in [-0.2, 0) is 6.42 Å². The van der Waals surface area contributed by atoms with Crippen LogP contribution in [-0.4, -0.2) is 19.3 Å². The molecule has 0 fully saturated rings. The third-order valence-electron chi connectivity index (χ3n) is 2.25. The Kier molecular flexibility index (Phi) is 3.03. The van der Waals surface area contributed by atoms with E-state index in [-0.39, 0.29) is 6.04 Å². The molecule has 1 aromatic rings. The molecule has 1 atom stereocenters. The van der Waals surface area contributed by atoms with Crippen molar-refractivity contribution in [3.8, 4) is 11.5 Å². The second-order valence-corrected chi connectivity index (χ2v) is 4.18. The standard InChI is InChI=1S/C11H14ClNO2/c1-7(13)4-8-5-10-11(6-9(8)12)15-3-2-14-10/h5-7H,2-4,13H2,1H3. The van der Waals surface area contributed by atoms with Gasteiger partial charge in [-0.05, 0) is 25.0 Å². The normalized spacial score (nSPS) is 16.2. The van der Waals surface area contributed by atoms with E-state index < -0.39 is 0 Å². The van der Waals surface area contributed by atoms with Gasteiger partial charge >= 0.3 is 0 Å². The van der Waals surface area contributed by atoms with E-state index >= 15 is 0 Å². The van der Waals surface area contributed by atoms with Crippen molar-refractivity contribution in [3.05, 3.63) is 22.7 Å². The zero-order valence-corrected chi connectivity index (χ0v) is 9.38. The third kappa shape index (κ3) is 2.36. The van der Waals surface area contributed by atoms with Crippen molar-refractivity contribution in [2.24, 2.45) is 5.73 Å². The quantitative estimate of drug-likeness (QED) is 0.841. The van der Waals surface area contributed by atoms with E-state index in [0.717, 1.165) is 23.5 Å². The molecule has 1 aliphatic heterocycles. The van der Waals surface area contributed by atoms with Crippen molar-refractivity contribution in [2.75, 3.05) is 13.2 Å². The lowest BCUT2D eigenvalue weighted by Gasteiger charge is -2.20. The van der Waals surface area contributed by atoms with Crippen LogP contribution in [0.4, 0.5) is 0 Å². The van der Waals surface area contributed by atoms with E-state index in [2.05, 4.69) is 0 Å². The van der Waals surface area contributed by atoms with Gasteiger partial charge in [0.1, 0.15) is 13.2 Å². The Labute approximate surface area is 94.1 Å². The monoisotopic (exact) mass is 227 g/mol. The SMILES string of the molecule is CC(N)Cc1cc2c(cc1Cl)OCCO2. The van der Waals surface area contributed by atoms with Crippen molar-refractivity contribution >= 4 is 11.6 Å². The van der Waals surface area contributed by atoms with E-state index in [1.54, 1.807) is 6.07 Å². The summed E-state index contributed by atoms with van der Waals surface area (Å²) in [5, 5.41) is 0.691. The van der Waals surface area contributed by atoms with E-state index in [9.17, 15) is 0 Å². The maximum atomic E-state index is 6.11. The van der Waals surface area contributed by atoms with Crippen LogP contribution in [0.1, 0.15) is 12.5 Å². The zero-order chi connectivity index (χ0) is 10.8. The lowest BCUT2D eigenvalue weighted by Crippen LogP contribution is -2.19. The minimum atomic E-state index is 0.0880. The minimum absolute atomic E-state index is 0.0880. The molecular formula is C11H14ClNO2. The fraction of sp³-hybridized carbons (Fsp3) is 0.455. The van der Waals surface area contributed by atoms with Gasteiger partial charge in [-0.25, -0.2) is 0 Å². The van der Waals surface area contributed by atoms with Crippen molar-refractivity contribution in [1.29, 1.82) is 0 Å². The predicted molar refractivity (Wildman–Crippen MR) is 59.8 cm³/mol. The van der Waals surface area contributed by atoms with Gasteiger partial charge in [0.15, 0.2) is 11.5 Å². The molecule has 0 bridgehead atoms. The third-order valence-corrected chi connectivity index (χ3v) is 2.60. The number of hydrogen-bond acceptors (Lipinski definition) is 3. The van der Waals surface area contributed by atoms with Crippen LogP contribution in [0, 0.1) is 0 Å². The lowest BCUT2D eigenvalue weighted by molar-refractivity contribution is 0.171. The second kappa shape index (κ2) is 4.29. The van der Waals surface area contributed by atoms with Crippen molar-refractivity contribution in [1.82, 2.24) is 0 Å². The molecule has 82 valence electrons. The lowest BCUT2D eigenvalue weighted by atomic mass is 10.1. The molecule has 15 heavy (non-hydrogen) atoms. The van der Waals surface area contributed by atoms with E-state index in [1.807, 2.05) is 13.0 Å². The fourth-order valence-electron chi connectivity index (χ4n) is 1.61. The first-order valence-corrected chi connectivity index (χ1v) is 5.38. The average molecular weight is 228 g/mol. The molecule has 0 saturated carbocycles. The van der Waals surface area contributed by atoms with Gasteiger partial charge in [-0.3, -0.25) is 0 Å². The van der Waals surface area contributed by atoms with Crippen molar-refractivity contribution < 1.29 is 9.47 Å². The van der Waals surface area contributed by atoms with E-state index in [4.69, 9.17) is 26.8 Å². The molecule has 0 spiro atoms. The Balaban J connectivity index is 2.32. The maximum absolute atomic E-state index is 6.11. The molecule has 0 aliphatic carbocycles. The molecule has 0 aromatic heterocycles. The van der Waals surface area contributed by atoms with Gasteiger partial charge in [-0.2, -0.15) is 0 Å². The Hall–Kier alpha value is -0.930. The zero-order valence-electron chi connectivity index (χ0n) is 8.63. The molecular weight excluding hydrogens is 214 g/mol.